The Hall–Kier alpha value is -1.51. The highest BCUT2D eigenvalue weighted by molar-refractivity contribution is 7.89. The Morgan fingerprint density at radius 2 is 2.20 bits per heavy atom. The van der Waals surface area contributed by atoms with Gasteiger partial charge in [-0.05, 0) is 13.0 Å². The maximum atomic E-state index is 13.7. The molecule has 0 radical (unpaired) electrons. The second-order valence-electron chi connectivity index (χ2n) is 4.06. The van der Waals surface area contributed by atoms with E-state index in [1.54, 1.807) is 6.92 Å². The van der Waals surface area contributed by atoms with Crippen LogP contribution in [0.4, 0.5) is 4.39 Å². The summed E-state index contributed by atoms with van der Waals surface area (Å²) in [5, 5.41) is 7.18. The van der Waals surface area contributed by atoms with Crippen LogP contribution >= 0.6 is 0 Å². The molecule has 1 aromatic rings. The average molecular weight is 303 g/mol. The van der Waals surface area contributed by atoms with Crippen LogP contribution in [0.2, 0.25) is 0 Å². The van der Waals surface area contributed by atoms with E-state index in [-0.39, 0.29) is 35.9 Å². The van der Waals surface area contributed by atoms with Crippen LogP contribution < -0.4 is 10.5 Å². The van der Waals surface area contributed by atoms with Gasteiger partial charge in [0.1, 0.15) is 11.7 Å². The summed E-state index contributed by atoms with van der Waals surface area (Å²) in [7, 11) is -3.50. The van der Waals surface area contributed by atoms with Crippen LogP contribution in [-0.2, 0) is 21.3 Å². The number of nitrogens with one attached hydrogen (secondary N) is 2. The normalized spacial score (nSPS) is 11.5. The lowest BCUT2D eigenvalue weighted by molar-refractivity contribution is 0.163. The molecule has 0 aliphatic carbocycles. The number of hydrogen-bond acceptors (Lipinski definition) is 4. The van der Waals surface area contributed by atoms with Gasteiger partial charge in [-0.1, -0.05) is 12.1 Å². The Labute approximate surface area is 117 Å². The molecule has 112 valence electrons. The standard InChI is InChI=1S/C12H18FN3O3S/c1-2-19-5-6-20(17,18)16-8-10-4-3-9(12(14)15)7-11(10)13/h3-4,7,16H,2,5-6,8H2,1H3,(H3,14,15). The van der Waals surface area contributed by atoms with Crippen molar-refractivity contribution >= 4 is 15.9 Å². The van der Waals surface area contributed by atoms with Crippen LogP contribution in [0.25, 0.3) is 0 Å². The van der Waals surface area contributed by atoms with Crippen molar-refractivity contribution in [3.05, 3.63) is 35.1 Å². The Balaban J connectivity index is 2.63. The van der Waals surface area contributed by atoms with Gasteiger partial charge in [0.15, 0.2) is 0 Å². The van der Waals surface area contributed by atoms with Gasteiger partial charge in [0.25, 0.3) is 0 Å². The Morgan fingerprint density at radius 3 is 2.75 bits per heavy atom. The smallest absolute Gasteiger partial charge is 0.214 e. The summed E-state index contributed by atoms with van der Waals surface area (Å²) in [5.74, 6) is -1.02. The molecule has 0 aliphatic heterocycles. The largest absolute Gasteiger partial charge is 0.384 e. The SMILES string of the molecule is CCOCCS(=O)(=O)NCc1ccc(C(=N)N)cc1F. The molecule has 0 unspecified atom stereocenters. The molecule has 0 fully saturated rings. The van der Waals surface area contributed by atoms with Crippen LogP contribution in [0.1, 0.15) is 18.1 Å². The molecule has 6 nitrogen and oxygen atoms in total. The summed E-state index contributed by atoms with van der Waals surface area (Å²) < 4.78 is 44.1. The van der Waals surface area contributed by atoms with Gasteiger partial charge in [-0.2, -0.15) is 0 Å². The van der Waals surface area contributed by atoms with Gasteiger partial charge in [0.2, 0.25) is 10.0 Å². The maximum absolute atomic E-state index is 13.7. The third-order valence-electron chi connectivity index (χ3n) is 2.55. The van der Waals surface area contributed by atoms with Crippen LogP contribution in [0.3, 0.4) is 0 Å². The molecule has 0 aliphatic rings. The number of nitrogen functional groups attached to an aromatic ring is 1. The van der Waals surface area contributed by atoms with Crippen LogP contribution in [-0.4, -0.2) is 33.2 Å². The summed E-state index contributed by atoms with van der Waals surface area (Å²) in [4.78, 5) is 0. The molecule has 0 amide bonds. The van der Waals surface area contributed by atoms with Crippen molar-refractivity contribution in [1.82, 2.24) is 4.72 Å². The van der Waals surface area contributed by atoms with Gasteiger partial charge in [-0.15, -0.1) is 0 Å². The molecule has 0 atom stereocenters. The fourth-order valence-corrected chi connectivity index (χ4v) is 2.29. The average Bonchev–Trinajstić information content (AvgIpc) is 2.37. The fourth-order valence-electron chi connectivity index (χ4n) is 1.43. The molecule has 8 heteroatoms. The van der Waals surface area contributed by atoms with Gasteiger partial charge < -0.3 is 10.5 Å². The lowest BCUT2D eigenvalue weighted by Crippen LogP contribution is -2.28. The zero-order valence-electron chi connectivity index (χ0n) is 11.1. The third kappa shape index (κ3) is 5.24. The van der Waals surface area contributed by atoms with Crippen LogP contribution in [0.5, 0.6) is 0 Å². The minimum atomic E-state index is -3.50. The van der Waals surface area contributed by atoms with Gasteiger partial charge in [-0.3, -0.25) is 5.41 Å². The van der Waals surface area contributed by atoms with E-state index in [0.717, 1.165) is 6.07 Å². The first-order valence-electron chi connectivity index (χ1n) is 6.03. The molecule has 0 saturated carbocycles. The highest BCUT2D eigenvalue weighted by Crippen LogP contribution is 2.10. The molecule has 0 aromatic heterocycles. The predicted octanol–water partition coefficient (Wildman–Crippen LogP) is 0.566. The topological polar surface area (TPSA) is 105 Å². The second kappa shape index (κ2) is 7.32. The lowest BCUT2D eigenvalue weighted by Gasteiger charge is -2.08. The van der Waals surface area contributed by atoms with Crippen molar-refractivity contribution in [2.24, 2.45) is 5.73 Å². The molecule has 1 rings (SSSR count). The van der Waals surface area contributed by atoms with Gasteiger partial charge in [-0.25, -0.2) is 17.5 Å². The molecular weight excluding hydrogens is 285 g/mol. The van der Waals surface area contributed by atoms with E-state index in [0.29, 0.717) is 6.61 Å². The van der Waals surface area contributed by atoms with E-state index in [2.05, 4.69) is 4.72 Å². The molecule has 0 spiro atoms. The van der Waals surface area contributed by atoms with E-state index in [1.807, 2.05) is 0 Å². The van der Waals surface area contributed by atoms with E-state index in [9.17, 15) is 12.8 Å². The van der Waals surface area contributed by atoms with Gasteiger partial charge in [0.05, 0.1) is 12.4 Å². The first-order valence-corrected chi connectivity index (χ1v) is 7.69. The predicted molar refractivity (Wildman–Crippen MR) is 74.5 cm³/mol. The zero-order chi connectivity index (χ0) is 15.2. The van der Waals surface area contributed by atoms with Gasteiger partial charge in [0, 0.05) is 24.3 Å². The number of halogens is 1. The summed E-state index contributed by atoms with van der Waals surface area (Å²) >= 11 is 0. The lowest BCUT2D eigenvalue weighted by atomic mass is 10.1. The van der Waals surface area contributed by atoms with Crippen LogP contribution in [0.15, 0.2) is 18.2 Å². The van der Waals surface area contributed by atoms with E-state index < -0.39 is 15.8 Å². The Morgan fingerprint density at radius 1 is 1.50 bits per heavy atom. The zero-order valence-corrected chi connectivity index (χ0v) is 12.0. The van der Waals surface area contributed by atoms with Crippen LogP contribution in [0, 0.1) is 11.2 Å². The minimum absolute atomic E-state index is 0.0948. The van der Waals surface area contributed by atoms with E-state index >= 15 is 0 Å². The van der Waals surface area contributed by atoms with Crippen molar-refractivity contribution < 1.29 is 17.5 Å². The third-order valence-corrected chi connectivity index (χ3v) is 3.84. The molecule has 4 N–H and O–H groups in total. The second-order valence-corrected chi connectivity index (χ2v) is 5.98. The highest BCUT2D eigenvalue weighted by Gasteiger charge is 2.12. The van der Waals surface area contributed by atoms with Crippen molar-refractivity contribution in [2.45, 2.75) is 13.5 Å². The fraction of sp³-hybridized carbons (Fsp3) is 0.417. The monoisotopic (exact) mass is 303 g/mol. The highest BCUT2D eigenvalue weighted by atomic mass is 32.2. The molecule has 0 saturated heterocycles. The van der Waals surface area contributed by atoms with Gasteiger partial charge >= 0.3 is 0 Å². The summed E-state index contributed by atoms with van der Waals surface area (Å²) in [5.41, 5.74) is 5.68. The molecule has 20 heavy (non-hydrogen) atoms. The van der Waals surface area contributed by atoms with E-state index in [1.165, 1.54) is 12.1 Å². The van der Waals surface area contributed by atoms with Crippen molar-refractivity contribution in [2.75, 3.05) is 19.0 Å². The number of nitrogens with two attached hydrogens (primary N) is 1. The number of ether oxygens (including phenoxy) is 1. The number of benzene rings is 1. The number of sulfonamides is 1. The van der Waals surface area contributed by atoms with E-state index in [4.69, 9.17) is 15.9 Å². The summed E-state index contributed by atoms with van der Waals surface area (Å²) in [6.45, 7) is 2.15. The van der Waals surface area contributed by atoms with Crippen molar-refractivity contribution in [3.8, 4) is 0 Å². The first kappa shape index (κ1) is 16.5. The maximum Gasteiger partial charge on any atom is 0.214 e. The molecule has 0 bridgehead atoms. The summed E-state index contributed by atoms with van der Waals surface area (Å²) in [6.07, 6.45) is 0. The molecule has 0 heterocycles. The number of amidine groups is 1. The quantitative estimate of drug-likeness (QED) is 0.371. The minimum Gasteiger partial charge on any atom is -0.384 e. The Bertz CT molecular complexity index is 575. The molecule has 1 aromatic carbocycles. The Kier molecular flexibility index (Phi) is 6.05. The number of rotatable bonds is 8. The molecular formula is C12H18FN3O3S. The summed E-state index contributed by atoms with van der Waals surface area (Å²) in [6, 6.07) is 3.97. The first-order chi connectivity index (χ1) is 9.35. The van der Waals surface area contributed by atoms with Crippen molar-refractivity contribution in [1.29, 1.82) is 5.41 Å². The number of hydrogen-bond donors (Lipinski definition) is 3. The van der Waals surface area contributed by atoms with Crippen molar-refractivity contribution in [3.63, 3.8) is 0 Å².